The number of carbonyl (C=O) groups excluding carboxylic acids is 1. The zero-order valence-electron chi connectivity index (χ0n) is 18.2. The van der Waals surface area contributed by atoms with Crippen molar-refractivity contribution in [2.75, 3.05) is 26.5 Å². The molecule has 2 heterocycles. The Hall–Kier alpha value is -3.39. The summed E-state index contributed by atoms with van der Waals surface area (Å²) < 4.78 is 12.5. The molecular formula is C24H25N3O4S. The average Bonchev–Trinajstić information content (AvgIpc) is 3.14. The van der Waals surface area contributed by atoms with Gasteiger partial charge < -0.3 is 24.3 Å². The molecule has 0 bridgehead atoms. The monoisotopic (exact) mass is 451 g/mol. The summed E-state index contributed by atoms with van der Waals surface area (Å²) in [5.41, 5.74) is 2.32. The molecule has 166 valence electrons. The Balaban J connectivity index is 1.35. The second kappa shape index (κ2) is 9.40. The number of hydrogen-bond donors (Lipinski definition) is 2. The van der Waals surface area contributed by atoms with Crippen LogP contribution in [0.2, 0.25) is 0 Å². The second-order valence-electron chi connectivity index (χ2n) is 7.37. The van der Waals surface area contributed by atoms with E-state index in [1.807, 2.05) is 54.1 Å². The zero-order chi connectivity index (χ0) is 22.7. The van der Waals surface area contributed by atoms with Crippen LogP contribution in [0.4, 0.5) is 0 Å². The standard InChI is InChI=1S/C24H25N3O4S/c1-27-19-7-5-4-6-15(19)11-20(27)24(29)25-8-9-32-14-17-10-16-12-21(30-2)22(31-3)13-18(16)23(28)26-17/h4-7,10-13H,8-9,14H2,1-3H3,(H,25,29)(H,26,28). The van der Waals surface area contributed by atoms with Gasteiger partial charge in [0.2, 0.25) is 0 Å². The first-order chi connectivity index (χ1) is 15.5. The molecule has 0 unspecified atom stereocenters. The number of para-hydroxylation sites is 1. The molecule has 0 aliphatic rings. The molecule has 0 saturated carbocycles. The number of nitrogens with one attached hydrogen (secondary N) is 2. The maximum absolute atomic E-state index is 12.6. The lowest BCUT2D eigenvalue weighted by atomic mass is 10.1. The Morgan fingerprint density at radius 2 is 1.81 bits per heavy atom. The number of methoxy groups -OCH3 is 2. The van der Waals surface area contributed by atoms with E-state index >= 15 is 0 Å². The summed E-state index contributed by atoms with van der Waals surface area (Å²) in [5, 5.41) is 5.37. The maximum atomic E-state index is 12.6. The predicted molar refractivity (Wildman–Crippen MR) is 129 cm³/mol. The average molecular weight is 452 g/mol. The van der Waals surface area contributed by atoms with E-state index in [0.717, 1.165) is 27.7 Å². The molecule has 2 aromatic carbocycles. The van der Waals surface area contributed by atoms with Crippen LogP contribution >= 0.6 is 11.8 Å². The Labute approximate surface area is 189 Å². The van der Waals surface area contributed by atoms with E-state index in [1.54, 1.807) is 32.0 Å². The van der Waals surface area contributed by atoms with Crippen molar-refractivity contribution < 1.29 is 14.3 Å². The van der Waals surface area contributed by atoms with Gasteiger partial charge in [-0.2, -0.15) is 11.8 Å². The minimum absolute atomic E-state index is 0.0931. The van der Waals surface area contributed by atoms with Crippen molar-refractivity contribution in [1.29, 1.82) is 0 Å². The first kappa shape index (κ1) is 21.8. The van der Waals surface area contributed by atoms with Crippen molar-refractivity contribution in [2.45, 2.75) is 5.75 Å². The number of aromatic nitrogens is 2. The van der Waals surface area contributed by atoms with Crippen LogP contribution in [0.1, 0.15) is 16.2 Å². The smallest absolute Gasteiger partial charge is 0.267 e. The Kier molecular flexibility index (Phi) is 6.41. The number of ether oxygens (including phenoxy) is 2. The van der Waals surface area contributed by atoms with Gasteiger partial charge in [-0.25, -0.2) is 0 Å². The molecule has 2 N–H and O–H groups in total. The van der Waals surface area contributed by atoms with Gasteiger partial charge >= 0.3 is 0 Å². The second-order valence-corrected chi connectivity index (χ2v) is 8.48. The fraction of sp³-hybridized carbons (Fsp3) is 0.250. The molecule has 1 amide bonds. The Bertz CT molecular complexity index is 1340. The molecule has 7 nitrogen and oxygen atoms in total. The summed E-state index contributed by atoms with van der Waals surface area (Å²) in [4.78, 5) is 28.0. The maximum Gasteiger partial charge on any atom is 0.267 e. The Morgan fingerprint density at radius 1 is 1.06 bits per heavy atom. The molecule has 32 heavy (non-hydrogen) atoms. The molecule has 0 radical (unpaired) electrons. The number of H-pyrrole nitrogens is 1. The number of pyridine rings is 1. The molecule has 0 spiro atoms. The lowest BCUT2D eigenvalue weighted by Gasteiger charge is -2.10. The molecule has 0 atom stereocenters. The molecule has 0 saturated heterocycles. The van der Waals surface area contributed by atoms with Crippen molar-refractivity contribution in [3.8, 4) is 11.5 Å². The van der Waals surface area contributed by atoms with Crippen LogP contribution in [-0.2, 0) is 12.8 Å². The highest BCUT2D eigenvalue weighted by Gasteiger charge is 2.13. The van der Waals surface area contributed by atoms with Crippen molar-refractivity contribution in [3.63, 3.8) is 0 Å². The molecule has 4 rings (SSSR count). The summed E-state index contributed by atoms with van der Waals surface area (Å²) in [6.45, 7) is 0.536. The Morgan fingerprint density at radius 3 is 2.56 bits per heavy atom. The first-order valence-electron chi connectivity index (χ1n) is 10.2. The summed E-state index contributed by atoms with van der Waals surface area (Å²) in [5.74, 6) is 2.37. The minimum atomic E-state index is -0.164. The van der Waals surface area contributed by atoms with Gasteiger partial charge in [-0.1, -0.05) is 18.2 Å². The van der Waals surface area contributed by atoms with Crippen LogP contribution in [0.15, 0.2) is 53.3 Å². The number of fused-ring (bicyclic) bond motifs is 2. The highest BCUT2D eigenvalue weighted by Crippen LogP contribution is 2.31. The van der Waals surface area contributed by atoms with Gasteiger partial charge in [-0.05, 0) is 35.7 Å². The normalized spacial score (nSPS) is 11.1. The van der Waals surface area contributed by atoms with Crippen LogP contribution in [0.3, 0.4) is 0 Å². The SMILES string of the molecule is COc1cc2cc(CSCCNC(=O)c3cc4ccccc4n3C)[nH]c(=O)c2cc1OC. The first-order valence-corrected chi connectivity index (χ1v) is 11.4. The van der Waals surface area contributed by atoms with Gasteiger partial charge in [0.05, 0.1) is 19.6 Å². The van der Waals surface area contributed by atoms with Gasteiger partial charge in [0.1, 0.15) is 5.69 Å². The van der Waals surface area contributed by atoms with Crippen molar-refractivity contribution in [3.05, 3.63) is 70.3 Å². The summed E-state index contributed by atoms with van der Waals surface area (Å²) in [6.07, 6.45) is 0. The summed E-state index contributed by atoms with van der Waals surface area (Å²) in [7, 11) is 5.01. The zero-order valence-corrected chi connectivity index (χ0v) is 19.0. The van der Waals surface area contributed by atoms with Gasteiger partial charge in [0, 0.05) is 41.7 Å². The molecule has 0 fully saturated rings. The van der Waals surface area contributed by atoms with E-state index in [0.29, 0.717) is 34.9 Å². The number of nitrogens with zero attached hydrogens (tertiary/aromatic N) is 1. The van der Waals surface area contributed by atoms with Crippen LogP contribution < -0.4 is 20.3 Å². The number of rotatable bonds is 8. The fourth-order valence-electron chi connectivity index (χ4n) is 3.74. The van der Waals surface area contributed by atoms with Crippen LogP contribution in [-0.4, -0.2) is 42.0 Å². The third-order valence-electron chi connectivity index (χ3n) is 5.38. The molecule has 2 aromatic heterocycles. The molecule has 4 aromatic rings. The molecular weight excluding hydrogens is 426 g/mol. The lowest BCUT2D eigenvalue weighted by Crippen LogP contribution is -2.27. The molecule has 8 heteroatoms. The number of thioether (sulfide) groups is 1. The minimum Gasteiger partial charge on any atom is -0.493 e. The number of aryl methyl sites for hydroxylation is 1. The van der Waals surface area contributed by atoms with Crippen LogP contribution in [0, 0.1) is 0 Å². The van der Waals surface area contributed by atoms with E-state index in [-0.39, 0.29) is 11.5 Å². The van der Waals surface area contributed by atoms with Crippen molar-refractivity contribution in [1.82, 2.24) is 14.9 Å². The quantitative estimate of drug-likeness (QED) is 0.399. The number of aromatic amines is 1. The van der Waals surface area contributed by atoms with Crippen molar-refractivity contribution in [2.24, 2.45) is 7.05 Å². The fourth-order valence-corrected chi connectivity index (χ4v) is 4.51. The largest absolute Gasteiger partial charge is 0.493 e. The summed E-state index contributed by atoms with van der Waals surface area (Å²) >= 11 is 1.64. The number of hydrogen-bond acceptors (Lipinski definition) is 5. The van der Waals surface area contributed by atoms with E-state index < -0.39 is 0 Å². The van der Waals surface area contributed by atoms with Gasteiger partial charge in [-0.3, -0.25) is 9.59 Å². The van der Waals surface area contributed by atoms with Gasteiger partial charge in [0.15, 0.2) is 11.5 Å². The number of benzene rings is 2. The van der Waals surface area contributed by atoms with E-state index in [9.17, 15) is 9.59 Å². The number of carbonyl (C=O) groups is 1. The van der Waals surface area contributed by atoms with Crippen molar-refractivity contribution >= 4 is 39.3 Å². The van der Waals surface area contributed by atoms with Gasteiger partial charge in [-0.15, -0.1) is 0 Å². The topological polar surface area (TPSA) is 85.4 Å². The van der Waals surface area contributed by atoms with Crippen LogP contribution in [0.25, 0.3) is 21.7 Å². The third kappa shape index (κ3) is 4.31. The van der Waals surface area contributed by atoms with E-state index in [1.165, 1.54) is 0 Å². The molecule has 0 aliphatic heterocycles. The van der Waals surface area contributed by atoms with E-state index in [4.69, 9.17) is 9.47 Å². The predicted octanol–water partition coefficient (Wildman–Crippen LogP) is 3.70. The van der Waals surface area contributed by atoms with Gasteiger partial charge in [0.25, 0.3) is 11.5 Å². The molecule has 0 aliphatic carbocycles. The highest BCUT2D eigenvalue weighted by atomic mass is 32.2. The number of amides is 1. The highest BCUT2D eigenvalue weighted by molar-refractivity contribution is 7.98. The summed E-state index contributed by atoms with van der Waals surface area (Å²) in [6, 6.07) is 15.3. The third-order valence-corrected chi connectivity index (χ3v) is 6.39. The van der Waals surface area contributed by atoms with Crippen LogP contribution in [0.5, 0.6) is 11.5 Å². The lowest BCUT2D eigenvalue weighted by molar-refractivity contribution is 0.0948. The van der Waals surface area contributed by atoms with E-state index in [2.05, 4.69) is 10.3 Å².